The quantitative estimate of drug-likeness (QED) is 0.663. The Labute approximate surface area is 99.5 Å². The summed E-state index contributed by atoms with van der Waals surface area (Å²) in [5, 5.41) is 0. The highest BCUT2D eigenvalue weighted by molar-refractivity contribution is 5.78. The summed E-state index contributed by atoms with van der Waals surface area (Å²) in [4.78, 5) is 11.8. The van der Waals surface area contributed by atoms with Crippen LogP contribution in [0.2, 0.25) is 0 Å². The fourth-order valence-corrected chi connectivity index (χ4v) is 2.13. The van der Waals surface area contributed by atoms with E-state index >= 15 is 0 Å². The average Bonchev–Trinajstić information content (AvgIpc) is 2.14. The van der Waals surface area contributed by atoms with E-state index in [0.717, 1.165) is 6.42 Å². The molecule has 100 valence electrons. The Balaban J connectivity index is 2.95. The van der Waals surface area contributed by atoms with Gasteiger partial charge in [-0.05, 0) is 33.6 Å². The van der Waals surface area contributed by atoms with Gasteiger partial charge in [-0.2, -0.15) is 13.2 Å². The van der Waals surface area contributed by atoms with E-state index in [1.807, 2.05) is 0 Å². The molecule has 17 heavy (non-hydrogen) atoms. The fourth-order valence-electron chi connectivity index (χ4n) is 2.13. The number of carbonyl (C=O) groups excluding carboxylic acids is 1. The van der Waals surface area contributed by atoms with Gasteiger partial charge in [0.1, 0.15) is 5.60 Å². The third-order valence-electron chi connectivity index (χ3n) is 3.04. The van der Waals surface area contributed by atoms with E-state index in [0.29, 0.717) is 12.8 Å². The van der Waals surface area contributed by atoms with Crippen molar-refractivity contribution in [3.05, 3.63) is 0 Å². The molecule has 0 spiro atoms. The smallest absolute Gasteiger partial charge is 0.404 e. The second-order valence-corrected chi connectivity index (χ2v) is 5.64. The lowest BCUT2D eigenvalue weighted by atomic mass is 9.73. The number of halogens is 3. The molecule has 0 amide bonds. The lowest BCUT2D eigenvalue weighted by Gasteiger charge is -2.38. The molecule has 1 fully saturated rings. The van der Waals surface area contributed by atoms with Crippen molar-refractivity contribution in [2.45, 2.75) is 64.7 Å². The van der Waals surface area contributed by atoms with Gasteiger partial charge >= 0.3 is 12.1 Å². The number of hydrogen-bond acceptors (Lipinski definition) is 2. The predicted octanol–water partition coefficient (Wildman–Crippen LogP) is 3.84. The number of ether oxygens (including phenoxy) is 1. The first kappa shape index (κ1) is 14.3. The number of alkyl halides is 3. The first-order chi connectivity index (χ1) is 7.58. The lowest BCUT2D eigenvalue weighted by molar-refractivity contribution is -0.247. The van der Waals surface area contributed by atoms with Crippen molar-refractivity contribution in [2.24, 2.45) is 5.41 Å². The SMILES string of the molecule is CC(C)(C)OC(=O)C1(C(F)(F)F)CCCCC1. The van der Waals surface area contributed by atoms with Crippen LogP contribution in [-0.2, 0) is 9.53 Å². The topological polar surface area (TPSA) is 26.3 Å². The number of esters is 1. The lowest BCUT2D eigenvalue weighted by Crippen LogP contribution is -2.49. The molecule has 0 aromatic heterocycles. The van der Waals surface area contributed by atoms with Crippen LogP contribution in [0.3, 0.4) is 0 Å². The van der Waals surface area contributed by atoms with Crippen LogP contribution in [0.25, 0.3) is 0 Å². The first-order valence-corrected chi connectivity index (χ1v) is 5.89. The van der Waals surface area contributed by atoms with E-state index in [4.69, 9.17) is 4.74 Å². The molecule has 0 bridgehead atoms. The van der Waals surface area contributed by atoms with Crippen LogP contribution in [-0.4, -0.2) is 17.7 Å². The summed E-state index contributed by atoms with van der Waals surface area (Å²) in [7, 11) is 0. The van der Waals surface area contributed by atoms with Gasteiger partial charge in [-0.1, -0.05) is 19.3 Å². The maximum Gasteiger partial charge on any atom is 0.404 e. The molecule has 1 aliphatic rings. The minimum atomic E-state index is -4.52. The van der Waals surface area contributed by atoms with Crippen molar-refractivity contribution >= 4 is 5.97 Å². The van der Waals surface area contributed by atoms with Crippen LogP contribution < -0.4 is 0 Å². The number of hydrogen-bond donors (Lipinski definition) is 0. The monoisotopic (exact) mass is 252 g/mol. The van der Waals surface area contributed by atoms with Crippen molar-refractivity contribution in [3.8, 4) is 0 Å². The Morgan fingerprint density at radius 1 is 1.06 bits per heavy atom. The zero-order chi connectivity index (χ0) is 13.3. The van der Waals surface area contributed by atoms with Gasteiger partial charge < -0.3 is 4.74 Å². The predicted molar refractivity (Wildman–Crippen MR) is 57.4 cm³/mol. The maximum absolute atomic E-state index is 13.1. The van der Waals surface area contributed by atoms with Gasteiger partial charge in [-0.3, -0.25) is 4.79 Å². The fraction of sp³-hybridized carbons (Fsp3) is 0.917. The first-order valence-electron chi connectivity index (χ1n) is 5.89. The molecule has 2 nitrogen and oxygen atoms in total. The van der Waals surface area contributed by atoms with Gasteiger partial charge in [0.05, 0.1) is 0 Å². The highest BCUT2D eigenvalue weighted by Gasteiger charge is 2.61. The minimum absolute atomic E-state index is 0.147. The number of rotatable bonds is 1. The van der Waals surface area contributed by atoms with E-state index in [1.54, 1.807) is 20.8 Å². The summed E-state index contributed by atoms with van der Waals surface area (Å²) in [6.07, 6.45) is -3.20. The van der Waals surface area contributed by atoms with Gasteiger partial charge in [-0.25, -0.2) is 0 Å². The Bertz CT molecular complexity index is 283. The Hall–Kier alpha value is -0.740. The summed E-state index contributed by atoms with van der Waals surface area (Å²) in [5.74, 6) is -1.11. The van der Waals surface area contributed by atoms with E-state index in [9.17, 15) is 18.0 Å². The molecule has 0 atom stereocenters. The van der Waals surface area contributed by atoms with Gasteiger partial charge in [0, 0.05) is 0 Å². The summed E-state index contributed by atoms with van der Waals surface area (Å²) < 4.78 is 44.3. The molecule has 1 saturated carbocycles. The summed E-state index contributed by atoms with van der Waals surface area (Å²) in [6, 6.07) is 0. The Kier molecular flexibility index (Phi) is 3.79. The minimum Gasteiger partial charge on any atom is -0.459 e. The molecular weight excluding hydrogens is 233 g/mol. The molecule has 1 rings (SSSR count). The number of carbonyl (C=O) groups is 1. The molecule has 0 heterocycles. The molecule has 0 aliphatic heterocycles. The summed E-state index contributed by atoms with van der Waals surface area (Å²) >= 11 is 0. The summed E-state index contributed by atoms with van der Waals surface area (Å²) in [5.41, 5.74) is -3.16. The van der Waals surface area contributed by atoms with Gasteiger partial charge in [0.15, 0.2) is 5.41 Å². The molecule has 0 radical (unpaired) electrons. The standard InChI is InChI=1S/C12H19F3O2/c1-10(2,3)17-9(16)11(12(13,14)15)7-5-4-6-8-11/h4-8H2,1-3H3. The van der Waals surface area contributed by atoms with Crippen LogP contribution in [0, 0.1) is 5.41 Å². The zero-order valence-corrected chi connectivity index (χ0v) is 10.5. The van der Waals surface area contributed by atoms with Crippen LogP contribution in [0.5, 0.6) is 0 Å². The van der Waals surface area contributed by atoms with Crippen molar-refractivity contribution < 1.29 is 22.7 Å². The van der Waals surface area contributed by atoms with Crippen molar-refractivity contribution in [2.75, 3.05) is 0 Å². The van der Waals surface area contributed by atoms with Crippen LogP contribution in [0.1, 0.15) is 52.9 Å². The molecule has 0 aromatic carbocycles. The van der Waals surface area contributed by atoms with Gasteiger partial charge in [0.2, 0.25) is 0 Å². The largest absolute Gasteiger partial charge is 0.459 e. The van der Waals surface area contributed by atoms with E-state index in [-0.39, 0.29) is 12.8 Å². The molecule has 0 unspecified atom stereocenters. The third-order valence-corrected chi connectivity index (χ3v) is 3.04. The van der Waals surface area contributed by atoms with Crippen LogP contribution in [0.15, 0.2) is 0 Å². The van der Waals surface area contributed by atoms with E-state index in [1.165, 1.54) is 0 Å². The Morgan fingerprint density at radius 2 is 1.53 bits per heavy atom. The molecule has 1 aliphatic carbocycles. The van der Waals surface area contributed by atoms with Gasteiger partial charge in [-0.15, -0.1) is 0 Å². The third kappa shape index (κ3) is 3.13. The Morgan fingerprint density at radius 3 is 1.88 bits per heavy atom. The molecule has 5 heteroatoms. The van der Waals surface area contributed by atoms with Crippen LogP contribution in [0.4, 0.5) is 13.2 Å². The highest BCUT2D eigenvalue weighted by atomic mass is 19.4. The van der Waals surface area contributed by atoms with Crippen molar-refractivity contribution in [1.82, 2.24) is 0 Å². The molecular formula is C12H19F3O2. The normalized spacial score (nSPS) is 21.1. The zero-order valence-electron chi connectivity index (χ0n) is 10.5. The highest BCUT2D eigenvalue weighted by Crippen LogP contribution is 2.50. The summed E-state index contributed by atoms with van der Waals surface area (Å²) in [6.45, 7) is 4.74. The van der Waals surface area contributed by atoms with Crippen LogP contribution >= 0.6 is 0 Å². The van der Waals surface area contributed by atoms with Gasteiger partial charge in [0.25, 0.3) is 0 Å². The molecule has 0 saturated heterocycles. The second kappa shape index (κ2) is 4.50. The average molecular weight is 252 g/mol. The van der Waals surface area contributed by atoms with Crippen molar-refractivity contribution in [3.63, 3.8) is 0 Å². The molecule has 0 N–H and O–H groups in total. The van der Waals surface area contributed by atoms with E-state index in [2.05, 4.69) is 0 Å². The van der Waals surface area contributed by atoms with Crippen molar-refractivity contribution in [1.29, 1.82) is 0 Å². The molecule has 0 aromatic rings. The maximum atomic E-state index is 13.1. The van der Waals surface area contributed by atoms with E-state index < -0.39 is 23.2 Å². The second-order valence-electron chi connectivity index (χ2n) is 5.64.